The van der Waals surface area contributed by atoms with Crippen LogP contribution in [0.15, 0.2) is 0 Å². The molecule has 0 aromatic rings. The first kappa shape index (κ1) is 15.0. The van der Waals surface area contributed by atoms with E-state index in [1.165, 1.54) is 32.8 Å². The minimum atomic E-state index is -0.176. The molecule has 0 aromatic carbocycles. The number of ether oxygens (including phenoxy) is 1. The molecule has 1 aliphatic carbocycles. The second-order valence-electron chi connectivity index (χ2n) is 5.01. The Labute approximate surface area is 109 Å². The molecule has 1 saturated carbocycles. The summed E-state index contributed by atoms with van der Waals surface area (Å²) in [5, 5.41) is 2.98. The van der Waals surface area contributed by atoms with Crippen molar-refractivity contribution in [2.45, 2.75) is 57.8 Å². The number of amides is 1. The zero-order valence-electron chi connectivity index (χ0n) is 11.4. The fourth-order valence-electron chi connectivity index (χ4n) is 2.39. The van der Waals surface area contributed by atoms with Crippen molar-refractivity contribution in [3.05, 3.63) is 0 Å². The number of esters is 1. The monoisotopic (exact) mass is 255 g/mol. The third kappa shape index (κ3) is 6.03. The minimum absolute atomic E-state index is 0.176. The maximum atomic E-state index is 11.9. The largest absolute Gasteiger partial charge is 0.469 e. The Bertz CT molecular complexity index is 258. The number of unbranched alkanes of at least 4 members (excludes halogenated alkanes) is 1. The predicted molar refractivity (Wildman–Crippen MR) is 70.1 cm³/mol. The van der Waals surface area contributed by atoms with Crippen LogP contribution in [0.4, 0.5) is 0 Å². The highest BCUT2D eigenvalue weighted by atomic mass is 16.5. The van der Waals surface area contributed by atoms with E-state index in [4.69, 9.17) is 0 Å². The van der Waals surface area contributed by atoms with Crippen molar-refractivity contribution in [1.82, 2.24) is 5.32 Å². The molecule has 0 atom stereocenters. The lowest BCUT2D eigenvalue weighted by molar-refractivity contribution is -0.140. The van der Waals surface area contributed by atoms with Crippen molar-refractivity contribution in [3.8, 4) is 0 Å². The number of nitrogens with one attached hydrogen (secondary N) is 1. The zero-order chi connectivity index (χ0) is 13.2. The number of hydrogen-bond donors (Lipinski definition) is 1. The van der Waals surface area contributed by atoms with Gasteiger partial charge in [-0.15, -0.1) is 0 Å². The average molecular weight is 255 g/mol. The molecule has 0 spiro atoms. The molecule has 1 rings (SSSR count). The van der Waals surface area contributed by atoms with Gasteiger partial charge in [-0.1, -0.05) is 25.7 Å². The summed E-state index contributed by atoms with van der Waals surface area (Å²) in [5.41, 5.74) is 0. The summed E-state index contributed by atoms with van der Waals surface area (Å²) in [4.78, 5) is 22.8. The summed E-state index contributed by atoms with van der Waals surface area (Å²) in [6.07, 6.45) is 9.02. The lowest BCUT2D eigenvalue weighted by Gasteiger charge is -2.13. The van der Waals surface area contributed by atoms with Gasteiger partial charge in [0.2, 0.25) is 5.91 Å². The molecule has 0 heterocycles. The molecule has 0 saturated heterocycles. The second kappa shape index (κ2) is 8.95. The first-order valence-corrected chi connectivity index (χ1v) is 7.08. The van der Waals surface area contributed by atoms with Crippen molar-refractivity contribution in [2.75, 3.05) is 13.7 Å². The number of carbonyl (C=O) groups excluding carboxylic acids is 2. The summed E-state index contributed by atoms with van der Waals surface area (Å²) in [6, 6.07) is 0. The Morgan fingerprint density at radius 1 is 1.11 bits per heavy atom. The molecule has 4 nitrogen and oxygen atoms in total. The van der Waals surface area contributed by atoms with Gasteiger partial charge in [0, 0.05) is 18.9 Å². The van der Waals surface area contributed by atoms with Crippen LogP contribution in [0.5, 0.6) is 0 Å². The van der Waals surface area contributed by atoms with Crippen LogP contribution in [-0.4, -0.2) is 25.5 Å². The first-order chi connectivity index (χ1) is 8.74. The SMILES string of the molecule is COC(=O)CCCCNC(=O)C1CCCCCC1. The lowest BCUT2D eigenvalue weighted by atomic mass is 9.99. The summed E-state index contributed by atoms with van der Waals surface area (Å²) in [6.45, 7) is 0.673. The van der Waals surface area contributed by atoms with Gasteiger partial charge in [0.05, 0.1) is 7.11 Å². The van der Waals surface area contributed by atoms with Crippen LogP contribution >= 0.6 is 0 Å². The van der Waals surface area contributed by atoms with E-state index in [-0.39, 0.29) is 17.8 Å². The van der Waals surface area contributed by atoms with Gasteiger partial charge in [0.1, 0.15) is 0 Å². The van der Waals surface area contributed by atoms with E-state index in [0.717, 1.165) is 25.7 Å². The molecule has 0 bridgehead atoms. The van der Waals surface area contributed by atoms with Crippen LogP contribution in [0.25, 0.3) is 0 Å². The molecule has 4 heteroatoms. The Hall–Kier alpha value is -1.06. The Morgan fingerprint density at radius 2 is 1.78 bits per heavy atom. The average Bonchev–Trinajstić information content (AvgIpc) is 2.66. The van der Waals surface area contributed by atoms with Crippen LogP contribution < -0.4 is 5.32 Å². The van der Waals surface area contributed by atoms with Crippen LogP contribution in [0.1, 0.15) is 57.8 Å². The molecule has 1 N–H and O–H groups in total. The summed E-state index contributed by atoms with van der Waals surface area (Å²) < 4.78 is 4.56. The van der Waals surface area contributed by atoms with Crippen molar-refractivity contribution in [1.29, 1.82) is 0 Å². The summed E-state index contributed by atoms with van der Waals surface area (Å²) >= 11 is 0. The zero-order valence-corrected chi connectivity index (χ0v) is 11.4. The molecule has 0 radical (unpaired) electrons. The van der Waals surface area contributed by atoms with E-state index < -0.39 is 0 Å². The highest BCUT2D eigenvalue weighted by Gasteiger charge is 2.19. The maximum absolute atomic E-state index is 11.9. The van der Waals surface area contributed by atoms with Gasteiger partial charge >= 0.3 is 5.97 Å². The lowest BCUT2D eigenvalue weighted by Crippen LogP contribution is -2.31. The molecule has 1 fully saturated rings. The number of rotatable bonds is 6. The van der Waals surface area contributed by atoms with E-state index >= 15 is 0 Å². The van der Waals surface area contributed by atoms with Gasteiger partial charge < -0.3 is 10.1 Å². The van der Waals surface area contributed by atoms with Crippen LogP contribution in [0.3, 0.4) is 0 Å². The Kier molecular flexibility index (Phi) is 7.46. The quantitative estimate of drug-likeness (QED) is 0.450. The van der Waals surface area contributed by atoms with Crippen LogP contribution in [0, 0.1) is 5.92 Å². The molecule has 0 aromatic heterocycles. The third-order valence-electron chi connectivity index (χ3n) is 3.56. The minimum Gasteiger partial charge on any atom is -0.469 e. The van der Waals surface area contributed by atoms with Crippen molar-refractivity contribution >= 4 is 11.9 Å². The standard InChI is InChI=1S/C14H25NO3/c1-18-13(16)10-6-7-11-15-14(17)12-8-4-2-3-5-9-12/h12H,2-11H2,1H3,(H,15,17). The van der Waals surface area contributed by atoms with Gasteiger partial charge in [-0.05, 0) is 25.7 Å². The molecule has 18 heavy (non-hydrogen) atoms. The molecular formula is C14H25NO3. The van der Waals surface area contributed by atoms with Crippen LogP contribution in [-0.2, 0) is 14.3 Å². The second-order valence-corrected chi connectivity index (χ2v) is 5.01. The van der Waals surface area contributed by atoms with Crippen molar-refractivity contribution in [2.24, 2.45) is 5.92 Å². The molecule has 1 aliphatic rings. The van der Waals surface area contributed by atoms with Gasteiger partial charge in [0.25, 0.3) is 0 Å². The molecular weight excluding hydrogens is 230 g/mol. The van der Waals surface area contributed by atoms with Gasteiger partial charge in [-0.2, -0.15) is 0 Å². The van der Waals surface area contributed by atoms with Gasteiger partial charge in [0.15, 0.2) is 0 Å². The summed E-state index contributed by atoms with van der Waals surface area (Å²) in [5.74, 6) is 0.244. The first-order valence-electron chi connectivity index (χ1n) is 7.08. The molecule has 104 valence electrons. The highest BCUT2D eigenvalue weighted by Crippen LogP contribution is 2.22. The third-order valence-corrected chi connectivity index (χ3v) is 3.56. The predicted octanol–water partition coefficient (Wildman–Crippen LogP) is 2.42. The molecule has 1 amide bonds. The molecule has 0 aliphatic heterocycles. The highest BCUT2D eigenvalue weighted by molar-refractivity contribution is 5.78. The van der Waals surface area contributed by atoms with E-state index in [0.29, 0.717) is 13.0 Å². The maximum Gasteiger partial charge on any atom is 0.305 e. The summed E-state index contributed by atoms with van der Waals surface area (Å²) in [7, 11) is 1.40. The normalized spacial score (nSPS) is 16.9. The number of carbonyl (C=O) groups is 2. The Morgan fingerprint density at radius 3 is 2.39 bits per heavy atom. The van der Waals surface area contributed by atoms with Gasteiger partial charge in [-0.3, -0.25) is 9.59 Å². The smallest absolute Gasteiger partial charge is 0.305 e. The van der Waals surface area contributed by atoms with Crippen molar-refractivity contribution in [3.63, 3.8) is 0 Å². The van der Waals surface area contributed by atoms with Crippen molar-refractivity contribution < 1.29 is 14.3 Å². The van der Waals surface area contributed by atoms with Crippen LogP contribution in [0.2, 0.25) is 0 Å². The topological polar surface area (TPSA) is 55.4 Å². The fourth-order valence-corrected chi connectivity index (χ4v) is 2.39. The van der Waals surface area contributed by atoms with E-state index in [9.17, 15) is 9.59 Å². The number of methoxy groups -OCH3 is 1. The fraction of sp³-hybridized carbons (Fsp3) is 0.857. The molecule has 0 unspecified atom stereocenters. The van der Waals surface area contributed by atoms with E-state index in [1.807, 2.05) is 0 Å². The van der Waals surface area contributed by atoms with E-state index in [2.05, 4.69) is 10.1 Å². The number of hydrogen-bond acceptors (Lipinski definition) is 3. The van der Waals surface area contributed by atoms with Gasteiger partial charge in [-0.25, -0.2) is 0 Å². The van der Waals surface area contributed by atoms with E-state index in [1.54, 1.807) is 0 Å². The Balaban J connectivity index is 2.07.